The molecule has 2 aromatic rings. The fourth-order valence-electron chi connectivity index (χ4n) is 1.59. The summed E-state index contributed by atoms with van der Waals surface area (Å²) in [7, 11) is 0. The molecule has 0 saturated heterocycles. The predicted octanol–water partition coefficient (Wildman–Crippen LogP) is 1.99. The van der Waals surface area contributed by atoms with Gasteiger partial charge in [-0.25, -0.2) is 4.98 Å². The number of aromatic nitrogens is 3. The van der Waals surface area contributed by atoms with Gasteiger partial charge < -0.3 is 15.0 Å². The lowest BCUT2D eigenvalue weighted by atomic mass is 10.1. The summed E-state index contributed by atoms with van der Waals surface area (Å²) in [6.45, 7) is 6.30. The van der Waals surface area contributed by atoms with E-state index in [9.17, 15) is 0 Å². The van der Waals surface area contributed by atoms with Crippen molar-refractivity contribution in [3.8, 4) is 11.5 Å². The molecule has 2 heterocycles. The van der Waals surface area contributed by atoms with E-state index >= 15 is 0 Å². The van der Waals surface area contributed by atoms with Crippen LogP contribution in [-0.4, -0.2) is 21.7 Å². The second-order valence-corrected chi connectivity index (χ2v) is 4.34. The number of anilines is 1. The molecule has 0 bridgehead atoms. The average molecular weight is 248 g/mol. The maximum absolute atomic E-state index is 5.61. The molecule has 2 rings (SSSR count). The van der Waals surface area contributed by atoms with Crippen LogP contribution < -0.4 is 5.73 Å². The van der Waals surface area contributed by atoms with E-state index in [2.05, 4.69) is 15.1 Å². The second kappa shape index (κ2) is 4.73. The topological polar surface area (TPSA) is 87.1 Å². The fraction of sp³-hybridized carbons (Fsp3) is 0.417. The van der Waals surface area contributed by atoms with E-state index in [0.717, 1.165) is 5.56 Å². The third kappa shape index (κ3) is 2.48. The van der Waals surface area contributed by atoms with Crippen LogP contribution in [-0.2, 0) is 10.3 Å². The van der Waals surface area contributed by atoms with Gasteiger partial charge in [-0.3, -0.25) is 0 Å². The molecule has 0 atom stereocenters. The van der Waals surface area contributed by atoms with Gasteiger partial charge in [0.25, 0.3) is 5.89 Å². The zero-order valence-electron chi connectivity index (χ0n) is 10.7. The van der Waals surface area contributed by atoms with Crippen molar-refractivity contribution >= 4 is 5.82 Å². The van der Waals surface area contributed by atoms with Crippen LogP contribution in [0.25, 0.3) is 11.5 Å². The van der Waals surface area contributed by atoms with Gasteiger partial charge >= 0.3 is 0 Å². The van der Waals surface area contributed by atoms with Crippen LogP contribution in [0.15, 0.2) is 22.9 Å². The number of nitrogens with zero attached hydrogens (tertiary/aromatic N) is 3. The Hall–Kier alpha value is -1.95. The Labute approximate surface area is 105 Å². The molecule has 6 nitrogen and oxygen atoms in total. The summed E-state index contributed by atoms with van der Waals surface area (Å²) in [5.41, 5.74) is 5.78. The second-order valence-electron chi connectivity index (χ2n) is 4.34. The molecule has 2 aromatic heterocycles. The Morgan fingerprint density at radius 2 is 2.22 bits per heavy atom. The van der Waals surface area contributed by atoms with Crippen LogP contribution in [0.1, 0.15) is 26.6 Å². The minimum absolute atomic E-state index is 0.409. The Bertz CT molecular complexity index is 536. The third-order valence-corrected chi connectivity index (χ3v) is 2.50. The van der Waals surface area contributed by atoms with E-state index in [1.165, 1.54) is 0 Å². The van der Waals surface area contributed by atoms with Crippen molar-refractivity contribution in [2.45, 2.75) is 26.4 Å². The first-order valence-electron chi connectivity index (χ1n) is 5.73. The van der Waals surface area contributed by atoms with E-state index in [-0.39, 0.29) is 0 Å². The van der Waals surface area contributed by atoms with Gasteiger partial charge in [-0.05, 0) is 32.9 Å². The van der Waals surface area contributed by atoms with Crippen molar-refractivity contribution in [3.05, 3.63) is 24.2 Å². The van der Waals surface area contributed by atoms with Gasteiger partial charge in [0.15, 0.2) is 0 Å². The van der Waals surface area contributed by atoms with E-state index in [1.807, 2.05) is 20.8 Å². The summed E-state index contributed by atoms with van der Waals surface area (Å²) in [6, 6.07) is 3.45. The van der Waals surface area contributed by atoms with Crippen molar-refractivity contribution in [2.24, 2.45) is 0 Å². The zero-order valence-corrected chi connectivity index (χ0v) is 10.7. The molecule has 0 amide bonds. The highest BCUT2D eigenvalue weighted by Gasteiger charge is 2.27. The van der Waals surface area contributed by atoms with Gasteiger partial charge in [-0.2, -0.15) is 4.98 Å². The summed E-state index contributed by atoms with van der Waals surface area (Å²) >= 11 is 0. The SMILES string of the molecule is CCOC(C)(C)c1noc(-c2ccnc(N)c2)n1. The molecule has 0 spiro atoms. The quantitative estimate of drug-likeness (QED) is 0.890. The summed E-state index contributed by atoms with van der Waals surface area (Å²) in [4.78, 5) is 8.24. The molecule has 0 aliphatic carbocycles. The molecular formula is C12H16N4O2. The maximum Gasteiger partial charge on any atom is 0.258 e. The van der Waals surface area contributed by atoms with Crippen LogP contribution in [0.4, 0.5) is 5.82 Å². The van der Waals surface area contributed by atoms with Gasteiger partial charge in [0, 0.05) is 18.4 Å². The Morgan fingerprint density at radius 1 is 1.44 bits per heavy atom. The van der Waals surface area contributed by atoms with Crippen molar-refractivity contribution in [2.75, 3.05) is 12.3 Å². The average Bonchev–Trinajstić information content (AvgIpc) is 2.78. The van der Waals surface area contributed by atoms with E-state index in [4.69, 9.17) is 15.0 Å². The van der Waals surface area contributed by atoms with E-state index in [0.29, 0.717) is 24.1 Å². The smallest absolute Gasteiger partial charge is 0.258 e. The number of nitrogen functional groups attached to an aromatic ring is 1. The van der Waals surface area contributed by atoms with Crippen molar-refractivity contribution in [1.82, 2.24) is 15.1 Å². The number of ether oxygens (including phenoxy) is 1. The summed E-state index contributed by atoms with van der Waals surface area (Å²) in [6.07, 6.45) is 1.60. The van der Waals surface area contributed by atoms with Crippen molar-refractivity contribution in [1.29, 1.82) is 0 Å². The first-order valence-corrected chi connectivity index (χ1v) is 5.73. The Kier molecular flexibility index (Phi) is 3.29. The first-order chi connectivity index (χ1) is 8.53. The molecule has 0 aliphatic rings. The molecule has 96 valence electrons. The highest BCUT2D eigenvalue weighted by molar-refractivity contribution is 5.56. The number of hydrogen-bond acceptors (Lipinski definition) is 6. The third-order valence-electron chi connectivity index (χ3n) is 2.50. The molecule has 0 fully saturated rings. The summed E-state index contributed by atoms with van der Waals surface area (Å²) < 4.78 is 10.8. The van der Waals surface area contributed by atoms with Crippen molar-refractivity contribution < 1.29 is 9.26 Å². The lowest BCUT2D eigenvalue weighted by Gasteiger charge is -2.19. The van der Waals surface area contributed by atoms with Crippen molar-refractivity contribution in [3.63, 3.8) is 0 Å². The molecular weight excluding hydrogens is 232 g/mol. The zero-order chi connectivity index (χ0) is 13.2. The molecule has 6 heteroatoms. The minimum Gasteiger partial charge on any atom is -0.384 e. The van der Waals surface area contributed by atoms with Crippen LogP contribution in [0, 0.1) is 0 Å². The Balaban J connectivity index is 2.31. The van der Waals surface area contributed by atoms with Crippen LogP contribution in [0.5, 0.6) is 0 Å². The Morgan fingerprint density at radius 3 is 2.89 bits per heavy atom. The molecule has 18 heavy (non-hydrogen) atoms. The molecule has 0 aromatic carbocycles. The van der Waals surface area contributed by atoms with Gasteiger partial charge in [0.2, 0.25) is 5.82 Å². The summed E-state index contributed by atoms with van der Waals surface area (Å²) in [5, 5.41) is 3.94. The lowest BCUT2D eigenvalue weighted by molar-refractivity contribution is -0.0221. The predicted molar refractivity (Wildman–Crippen MR) is 66.6 cm³/mol. The van der Waals surface area contributed by atoms with Crippen LogP contribution in [0.2, 0.25) is 0 Å². The summed E-state index contributed by atoms with van der Waals surface area (Å²) in [5.74, 6) is 1.33. The van der Waals surface area contributed by atoms with Gasteiger partial charge in [-0.1, -0.05) is 5.16 Å². The molecule has 2 N–H and O–H groups in total. The normalized spacial score (nSPS) is 11.7. The highest BCUT2D eigenvalue weighted by atomic mass is 16.5. The minimum atomic E-state index is -0.574. The van der Waals surface area contributed by atoms with E-state index < -0.39 is 5.60 Å². The maximum atomic E-state index is 5.61. The first kappa shape index (κ1) is 12.5. The monoisotopic (exact) mass is 248 g/mol. The van der Waals surface area contributed by atoms with Gasteiger partial charge in [0.1, 0.15) is 11.4 Å². The number of nitrogens with two attached hydrogens (primary N) is 1. The standard InChI is InChI=1S/C12H16N4O2/c1-4-17-12(2,3)11-15-10(18-16-11)8-5-6-14-9(13)7-8/h5-7H,4H2,1-3H3,(H2,13,14). The molecule has 0 radical (unpaired) electrons. The van der Waals surface area contributed by atoms with E-state index in [1.54, 1.807) is 18.3 Å². The number of hydrogen-bond donors (Lipinski definition) is 1. The van der Waals surface area contributed by atoms with Crippen LogP contribution in [0.3, 0.4) is 0 Å². The number of rotatable bonds is 4. The van der Waals surface area contributed by atoms with Gasteiger partial charge in [-0.15, -0.1) is 0 Å². The van der Waals surface area contributed by atoms with Crippen LogP contribution >= 0.6 is 0 Å². The van der Waals surface area contributed by atoms with Gasteiger partial charge in [0.05, 0.1) is 0 Å². The lowest BCUT2D eigenvalue weighted by Crippen LogP contribution is -2.23. The fourth-order valence-corrected chi connectivity index (χ4v) is 1.59. The molecule has 0 saturated carbocycles. The molecule has 0 unspecified atom stereocenters. The number of pyridine rings is 1. The highest BCUT2D eigenvalue weighted by Crippen LogP contribution is 2.25. The largest absolute Gasteiger partial charge is 0.384 e. The molecule has 0 aliphatic heterocycles.